The van der Waals surface area contributed by atoms with Crippen LogP contribution in [-0.2, 0) is 0 Å². The Kier molecular flexibility index (Phi) is 3.67. The highest BCUT2D eigenvalue weighted by Gasteiger charge is 2.50. The molecule has 0 bridgehead atoms. The predicted octanol–water partition coefficient (Wildman–Crippen LogP) is 3.70. The highest BCUT2D eigenvalue weighted by Crippen LogP contribution is 2.45. The van der Waals surface area contributed by atoms with Gasteiger partial charge in [0.25, 0.3) is 0 Å². The molecule has 2 rings (SSSR count). The third-order valence-corrected chi connectivity index (χ3v) is 4.62. The van der Waals surface area contributed by atoms with Crippen LogP contribution in [0.1, 0.15) is 52.0 Å². The summed E-state index contributed by atoms with van der Waals surface area (Å²) < 4.78 is 6.24. The number of benzene rings is 1. The highest BCUT2D eigenvalue weighted by molar-refractivity contribution is 5.36. The first kappa shape index (κ1) is 13.4. The van der Waals surface area contributed by atoms with Crippen LogP contribution in [0.4, 0.5) is 0 Å². The summed E-state index contributed by atoms with van der Waals surface area (Å²) in [6, 6.07) is 8.63. The fraction of sp³-hybridized carbons (Fsp3) is 0.625. The number of ether oxygens (including phenoxy) is 1. The van der Waals surface area contributed by atoms with Gasteiger partial charge in [-0.2, -0.15) is 0 Å². The molecule has 1 saturated carbocycles. The maximum Gasteiger partial charge on any atom is 0.123 e. The fourth-order valence-electron chi connectivity index (χ4n) is 2.74. The molecule has 3 atom stereocenters. The van der Waals surface area contributed by atoms with Gasteiger partial charge in [-0.15, -0.1) is 0 Å². The Morgan fingerprint density at radius 3 is 2.61 bits per heavy atom. The largest absolute Gasteiger partial charge is 0.489 e. The molecule has 18 heavy (non-hydrogen) atoms. The van der Waals surface area contributed by atoms with Crippen molar-refractivity contribution in [2.24, 2.45) is 11.1 Å². The van der Waals surface area contributed by atoms with Crippen molar-refractivity contribution in [3.63, 3.8) is 0 Å². The van der Waals surface area contributed by atoms with Crippen LogP contribution in [0.3, 0.4) is 0 Å². The third kappa shape index (κ3) is 2.14. The van der Waals surface area contributed by atoms with E-state index in [1.54, 1.807) is 0 Å². The summed E-state index contributed by atoms with van der Waals surface area (Å²) in [6.07, 6.45) is 2.30. The Bertz CT molecular complexity index is 415. The number of rotatable bonds is 4. The molecule has 1 aliphatic rings. The van der Waals surface area contributed by atoms with Gasteiger partial charge in [0.1, 0.15) is 11.9 Å². The van der Waals surface area contributed by atoms with E-state index < -0.39 is 0 Å². The molecule has 1 aromatic rings. The lowest BCUT2D eigenvalue weighted by molar-refractivity contribution is -0.0565. The van der Waals surface area contributed by atoms with Crippen molar-refractivity contribution < 1.29 is 4.74 Å². The average Bonchev–Trinajstić information content (AvgIpc) is 2.37. The van der Waals surface area contributed by atoms with Gasteiger partial charge in [0, 0.05) is 17.9 Å². The van der Waals surface area contributed by atoms with E-state index in [1.165, 1.54) is 5.56 Å². The standard InChI is InChI=1S/C16H25NO/c1-5-16(4)14(17)10-15(16)18-13-9-7-6-8-12(13)11(2)3/h6-9,11,14-15H,5,10,17H2,1-4H3. The van der Waals surface area contributed by atoms with Crippen molar-refractivity contribution in [2.45, 2.75) is 58.6 Å². The number of hydrogen-bond donors (Lipinski definition) is 1. The smallest absolute Gasteiger partial charge is 0.123 e. The second-order valence-electron chi connectivity index (χ2n) is 6.00. The number of nitrogens with two attached hydrogens (primary N) is 1. The molecule has 2 heteroatoms. The second kappa shape index (κ2) is 4.93. The van der Waals surface area contributed by atoms with Gasteiger partial charge in [-0.05, 0) is 24.0 Å². The molecular weight excluding hydrogens is 222 g/mol. The Morgan fingerprint density at radius 1 is 1.39 bits per heavy atom. The summed E-state index contributed by atoms with van der Waals surface area (Å²) in [6.45, 7) is 8.84. The minimum Gasteiger partial charge on any atom is -0.489 e. The zero-order valence-corrected chi connectivity index (χ0v) is 11.9. The lowest BCUT2D eigenvalue weighted by Gasteiger charge is -2.51. The van der Waals surface area contributed by atoms with E-state index in [2.05, 4.69) is 45.9 Å². The maximum absolute atomic E-state index is 6.24. The Labute approximate surface area is 111 Å². The van der Waals surface area contributed by atoms with Crippen LogP contribution in [0.5, 0.6) is 5.75 Å². The molecule has 1 aliphatic carbocycles. The zero-order valence-electron chi connectivity index (χ0n) is 11.9. The second-order valence-corrected chi connectivity index (χ2v) is 6.00. The molecule has 0 aromatic heterocycles. The summed E-state index contributed by atoms with van der Waals surface area (Å²) in [7, 11) is 0. The Morgan fingerprint density at radius 2 is 2.06 bits per heavy atom. The van der Waals surface area contributed by atoms with E-state index in [0.717, 1.165) is 18.6 Å². The van der Waals surface area contributed by atoms with Gasteiger partial charge in [0.05, 0.1) is 0 Å². The molecule has 100 valence electrons. The Hall–Kier alpha value is -1.02. The molecule has 0 radical (unpaired) electrons. The van der Waals surface area contributed by atoms with E-state index in [9.17, 15) is 0 Å². The minimum atomic E-state index is 0.129. The molecule has 0 heterocycles. The molecule has 1 aromatic carbocycles. The lowest BCUT2D eigenvalue weighted by atomic mass is 9.62. The number of hydrogen-bond acceptors (Lipinski definition) is 2. The normalized spacial score (nSPS) is 31.2. The van der Waals surface area contributed by atoms with Crippen molar-refractivity contribution in [3.05, 3.63) is 29.8 Å². The summed E-state index contributed by atoms with van der Waals surface area (Å²) >= 11 is 0. The molecule has 2 N–H and O–H groups in total. The number of para-hydroxylation sites is 1. The van der Waals surface area contributed by atoms with Crippen molar-refractivity contribution in [1.29, 1.82) is 0 Å². The van der Waals surface area contributed by atoms with Crippen molar-refractivity contribution in [1.82, 2.24) is 0 Å². The van der Waals surface area contributed by atoms with Gasteiger partial charge >= 0.3 is 0 Å². The zero-order chi connectivity index (χ0) is 13.3. The topological polar surface area (TPSA) is 35.2 Å². The predicted molar refractivity (Wildman–Crippen MR) is 75.9 cm³/mol. The van der Waals surface area contributed by atoms with E-state index in [4.69, 9.17) is 10.5 Å². The van der Waals surface area contributed by atoms with Gasteiger partial charge < -0.3 is 10.5 Å². The summed E-state index contributed by atoms with van der Waals surface area (Å²) in [5.41, 5.74) is 7.55. The third-order valence-electron chi connectivity index (χ3n) is 4.62. The summed E-state index contributed by atoms with van der Waals surface area (Å²) in [4.78, 5) is 0. The summed E-state index contributed by atoms with van der Waals surface area (Å²) in [5.74, 6) is 1.52. The van der Waals surface area contributed by atoms with Crippen LogP contribution in [-0.4, -0.2) is 12.1 Å². The van der Waals surface area contributed by atoms with E-state index in [1.807, 2.05) is 6.07 Å². The quantitative estimate of drug-likeness (QED) is 0.880. The van der Waals surface area contributed by atoms with Crippen LogP contribution in [0.15, 0.2) is 24.3 Å². The molecule has 2 nitrogen and oxygen atoms in total. The average molecular weight is 247 g/mol. The van der Waals surface area contributed by atoms with Gasteiger partial charge in [-0.25, -0.2) is 0 Å². The molecule has 1 fully saturated rings. The lowest BCUT2D eigenvalue weighted by Crippen LogP contribution is -2.61. The van der Waals surface area contributed by atoms with Gasteiger partial charge in [0.15, 0.2) is 0 Å². The molecule has 0 amide bonds. The first-order valence-electron chi connectivity index (χ1n) is 7.00. The first-order valence-corrected chi connectivity index (χ1v) is 7.00. The van der Waals surface area contributed by atoms with E-state index >= 15 is 0 Å². The summed E-state index contributed by atoms with van der Waals surface area (Å²) in [5, 5.41) is 0. The van der Waals surface area contributed by atoms with Crippen LogP contribution in [0.25, 0.3) is 0 Å². The van der Waals surface area contributed by atoms with Crippen LogP contribution >= 0.6 is 0 Å². The van der Waals surface area contributed by atoms with Crippen molar-refractivity contribution >= 4 is 0 Å². The molecule has 3 unspecified atom stereocenters. The molecule has 0 spiro atoms. The van der Waals surface area contributed by atoms with Gasteiger partial charge in [-0.3, -0.25) is 0 Å². The minimum absolute atomic E-state index is 0.129. The molecule has 0 saturated heterocycles. The molecule has 0 aliphatic heterocycles. The fourth-order valence-corrected chi connectivity index (χ4v) is 2.74. The highest BCUT2D eigenvalue weighted by atomic mass is 16.5. The van der Waals surface area contributed by atoms with Gasteiger partial charge in [0.2, 0.25) is 0 Å². The monoisotopic (exact) mass is 247 g/mol. The maximum atomic E-state index is 6.24. The first-order chi connectivity index (χ1) is 8.49. The Balaban J connectivity index is 2.16. The van der Waals surface area contributed by atoms with Crippen molar-refractivity contribution in [2.75, 3.05) is 0 Å². The molecular formula is C16H25NO. The SMILES string of the molecule is CCC1(C)C(N)CC1Oc1ccccc1C(C)C. The van der Waals surface area contributed by atoms with Crippen LogP contribution < -0.4 is 10.5 Å². The van der Waals surface area contributed by atoms with Crippen LogP contribution in [0, 0.1) is 5.41 Å². The van der Waals surface area contributed by atoms with E-state index in [0.29, 0.717) is 5.92 Å². The van der Waals surface area contributed by atoms with E-state index in [-0.39, 0.29) is 17.6 Å². The van der Waals surface area contributed by atoms with Crippen LogP contribution in [0.2, 0.25) is 0 Å². The van der Waals surface area contributed by atoms with Crippen molar-refractivity contribution in [3.8, 4) is 5.75 Å². The van der Waals surface area contributed by atoms with Gasteiger partial charge in [-0.1, -0.05) is 45.9 Å².